The number of rotatable bonds is 5. The first-order chi connectivity index (χ1) is 16.7. The van der Waals surface area contributed by atoms with Crippen molar-refractivity contribution in [3.05, 3.63) is 48.3 Å². The maximum Gasteiger partial charge on any atom is 0.419 e. The smallest absolute Gasteiger partial charge is 0.419 e. The van der Waals surface area contributed by atoms with Crippen LogP contribution in [0.2, 0.25) is 0 Å². The van der Waals surface area contributed by atoms with Crippen LogP contribution in [0.1, 0.15) is 37.3 Å². The van der Waals surface area contributed by atoms with Crippen molar-refractivity contribution < 1.29 is 22.3 Å². The van der Waals surface area contributed by atoms with Gasteiger partial charge in [0.25, 0.3) is 5.88 Å². The molecule has 0 atom stereocenters. The van der Waals surface area contributed by atoms with Crippen molar-refractivity contribution in [2.75, 3.05) is 12.4 Å². The average Bonchev–Trinajstić information content (AvgIpc) is 3.43. The van der Waals surface area contributed by atoms with Crippen LogP contribution in [0.3, 0.4) is 0 Å². The van der Waals surface area contributed by atoms with Crippen molar-refractivity contribution in [3.63, 3.8) is 0 Å². The number of fused-ring (bicyclic) bond motifs is 1. The summed E-state index contributed by atoms with van der Waals surface area (Å²) in [6.45, 7) is 0. The summed E-state index contributed by atoms with van der Waals surface area (Å²) in [5, 5.41) is 13.1. The van der Waals surface area contributed by atoms with Crippen LogP contribution in [0.4, 0.5) is 23.4 Å². The Hall–Kier alpha value is -3.70. The van der Waals surface area contributed by atoms with Crippen LogP contribution in [-0.4, -0.2) is 42.7 Å². The number of nitrogens with one attached hydrogen (secondary N) is 1. The second-order valence-corrected chi connectivity index (χ2v) is 8.56. The first-order valence-corrected chi connectivity index (χ1v) is 11.2. The number of nitrogens with zero attached hydrogens (tertiary/aromatic N) is 6. The Bertz CT molecular complexity index is 1360. The van der Waals surface area contributed by atoms with Crippen molar-refractivity contribution in [2.24, 2.45) is 7.05 Å². The van der Waals surface area contributed by atoms with Gasteiger partial charge >= 0.3 is 6.18 Å². The van der Waals surface area contributed by atoms with E-state index in [1.807, 2.05) is 24.0 Å². The van der Waals surface area contributed by atoms with Crippen LogP contribution < -0.4 is 10.1 Å². The lowest BCUT2D eigenvalue weighted by molar-refractivity contribution is -0.140. The lowest BCUT2D eigenvalue weighted by Crippen LogP contribution is -2.27. The van der Waals surface area contributed by atoms with Crippen LogP contribution in [0.25, 0.3) is 22.2 Å². The molecule has 0 unspecified atom stereocenters. The summed E-state index contributed by atoms with van der Waals surface area (Å²) in [6.07, 6.45) is 3.45. The van der Waals surface area contributed by atoms with Gasteiger partial charge in [0, 0.05) is 49.7 Å². The molecule has 1 N–H and O–H groups in total. The summed E-state index contributed by atoms with van der Waals surface area (Å²) in [6, 6.07) is 2.58. The zero-order valence-corrected chi connectivity index (χ0v) is 19.1. The molecule has 1 aliphatic rings. The topological polar surface area (TPSA) is 82.7 Å². The largest absolute Gasteiger partial charge is 0.472 e. The summed E-state index contributed by atoms with van der Waals surface area (Å²) in [7, 11) is 3.63. The Balaban J connectivity index is 1.38. The zero-order chi connectivity index (χ0) is 24.7. The lowest BCUT2D eigenvalue weighted by Gasteiger charge is -2.29. The molecule has 0 aromatic carbocycles. The first kappa shape index (κ1) is 23.1. The predicted octanol–water partition coefficient (Wildman–Crippen LogP) is 4.99. The molecule has 8 nitrogen and oxygen atoms in total. The van der Waals surface area contributed by atoms with Crippen LogP contribution >= 0.6 is 0 Å². The number of pyridine rings is 2. The number of aryl methyl sites for hydroxylation is 1. The van der Waals surface area contributed by atoms with E-state index in [4.69, 9.17) is 9.84 Å². The fourth-order valence-electron chi connectivity index (χ4n) is 4.50. The van der Waals surface area contributed by atoms with Gasteiger partial charge in [0.15, 0.2) is 5.82 Å². The Labute approximate surface area is 197 Å². The van der Waals surface area contributed by atoms with Crippen LogP contribution in [0.5, 0.6) is 5.88 Å². The van der Waals surface area contributed by atoms with E-state index in [1.54, 1.807) is 24.1 Å². The standard InChI is InChI=1S/C23H23F4N7O/c1-28-19-9-18-16(11-30-19)21(13-10-31-33(2)12-13)32-34(18)14-3-5-15(6-4-14)35-22-20(24)17(7-8-29-22)23(25,26)27/h7-12,14-15H,3-6H2,1-2H3,(H,28,30). The highest BCUT2D eigenvalue weighted by Crippen LogP contribution is 2.38. The Morgan fingerprint density at radius 1 is 1.11 bits per heavy atom. The minimum atomic E-state index is -4.81. The van der Waals surface area contributed by atoms with Crippen molar-refractivity contribution in [2.45, 2.75) is 44.0 Å². The maximum atomic E-state index is 14.3. The molecule has 4 aromatic heterocycles. The van der Waals surface area contributed by atoms with E-state index in [0.717, 1.165) is 28.4 Å². The average molecular weight is 489 g/mol. The first-order valence-electron chi connectivity index (χ1n) is 11.2. The number of halogens is 4. The van der Waals surface area contributed by atoms with E-state index in [9.17, 15) is 17.6 Å². The Kier molecular flexibility index (Phi) is 5.81. The van der Waals surface area contributed by atoms with Crippen LogP contribution in [-0.2, 0) is 13.2 Å². The van der Waals surface area contributed by atoms with E-state index in [2.05, 4.69) is 20.4 Å². The third kappa shape index (κ3) is 4.40. The van der Waals surface area contributed by atoms with Gasteiger partial charge in [0.1, 0.15) is 17.6 Å². The Morgan fingerprint density at radius 3 is 2.54 bits per heavy atom. The molecule has 0 radical (unpaired) electrons. The highest BCUT2D eigenvalue weighted by molar-refractivity contribution is 5.93. The zero-order valence-electron chi connectivity index (χ0n) is 19.1. The quantitative estimate of drug-likeness (QED) is 0.398. The molecule has 35 heavy (non-hydrogen) atoms. The number of ether oxygens (including phenoxy) is 1. The summed E-state index contributed by atoms with van der Waals surface area (Å²) >= 11 is 0. The minimum Gasteiger partial charge on any atom is -0.472 e. The number of aromatic nitrogens is 6. The second-order valence-electron chi connectivity index (χ2n) is 8.56. The molecular weight excluding hydrogens is 466 g/mol. The molecule has 1 fully saturated rings. The molecule has 5 rings (SSSR count). The highest BCUT2D eigenvalue weighted by atomic mass is 19.4. The number of hydrogen-bond acceptors (Lipinski definition) is 6. The number of anilines is 1. The molecule has 12 heteroatoms. The fourth-order valence-corrected chi connectivity index (χ4v) is 4.50. The third-order valence-corrected chi connectivity index (χ3v) is 6.26. The van der Waals surface area contributed by atoms with Crippen molar-refractivity contribution in [1.82, 2.24) is 29.5 Å². The molecule has 184 valence electrons. The van der Waals surface area contributed by atoms with Gasteiger partial charge in [-0.2, -0.15) is 23.4 Å². The summed E-state index contributed by atoms with van der Waals surface area (Å²) < 4.78 is 62.6. The van der Waals surface area contributed by atoms with Gasteiger partial charge in [-0.05, 0) is 31.7 Å². The van der Waals surface area contributed by atoms with E-state index < -0.39 is 29.5 Å². The molecule has 0 aliphatic heterocycles. The molecule has 0 spiro atoms. The van der Waals surface area contributed by atoms with E-state index in [1.165, 1.54) is 0 Å². The molecule has 0 amide bonds. The van der Waals surface area contributed by atoms with Gasteiger partial charge in [0.05, 0.1) is 23.3 Å². The van der Waals surface area contributed by atoms with Gasteiger partial charge < -0.3 is 10.1 Å². The Morgan fingerprint density at radius 2 is 1.89 bits per heavy atom. The second kappa shape index (κ2) is 8.82. The van der Waals surface area contributed by atoms with Crippen LogP contribution in [0, 0.1) is 5.82 Å². The molecule has 1 aliphatic carbocycles. The van der Waals surface area contributed by atoms with E-state index in [0.29, 0.717) is 37.6 Å². The van der Waals surface area contributed by atoms with Gasteiger partial charge in [-0.3, -0.25) is 9.36 Å². The maximum absolute atomic E-state index is 14.3. The molecule has 0 saturated heterocycles. The lowest BCUT2D eigenvalue weighted by atomic mass is 9.93. The highest BCUT2D eigenvalue weighted by Gasteiger charge is 2.36. The summed E-state index contributed by atoms with van der Waals surface area (Å²) in [5.41, 5.74) is 1.18. The number of alkyl halides is 3. The van der Waals surface area contributed by atoms with Gasteiger partial charge in [-0.1, -0.05) is 0 Å². The van der Waals surface area contributed by atoms with Crippen LogP contribution in [0.15, 0.2) is 36.9 Å². The van der Waals surface area contributed by atoms with Crippen molar-refractivity contribution in [3.8, 4) is 17.1 Å². The third-order valence-electron chi connectivity index (χ3n) is 6.26. The summed E-state index contributed by atoms with van der Waals surface area (Å²) in [5.74, 6) is -1.38. The molecule has 4 heterocycles. The molecule has 1 saturated carbocycles. The van der Waals surface area contributed by atoms with E-state index >= 15 is 0 Å². The normalized spacial score (nSPS) is 18.7. The van der Waals surface area contributed by atoms with Gasteiger partial charge in [-0.15, -0.1) is 0 Å². The molecule has 0 bridgehead atoms. The van der Waals surface area contributed by atoms with Gasteiger partial charge in [0.2, 0.25) is 0 Å². The summed E-state index contributed by atoms with van der Waals surface area (Å²) in [4.78, 5) is 8.12. The molecule has 4 aromatic rings. The van der Waals surface area contributed by atoms with Gasteiger partial charge in [-0.25, -0.2) is 14.4 Å². The SMILES string of the molecule is CNc1cc2c(cn1)c(-c1cnn(C)c1)nn2C1CCC(Oc2nccc(C(F)(F)F)c2F)CC1. The van der Waals surface area contributed by atoms with Crippen molar-refractivity contribution >= 4 is 16.7 Å². The minimum absolute atomic E-state index is 0.0363. The number of hydrogen-bond donors (Lipinski definition) is 1. The monoisotopic (exact) mass is 489 g/mol. The predicted molar refractivity (Wildman–Crippen MR) is 120 cm³/mol. The van der Waals surface area contributed by atoms with E-state index in [-0.39, 0.29) is 6.04 Å². The molecular formula is C23H23F4N7O. The van der Waals surface area contributed by atoms with Crippen molar-refractivity contribution in [1.29, 1.82) is 0 Å². The fraction of sp³-hybridized carbons (Fsp3) is 0.391.